The topological polar surface area (TPSA) is 74.7 Å². The SMILES string of the molecule is O=C1CC(C(=O)O)N(C(=O)c2ccccc2Cl)C1. The van der Waals surface area contributed by atoms with Crippen LogP contribution >= 0.6 is 11.6 Å². The number of amides is 1. The monoisotopic (exact) mass is 267 g/mol. The predicted molar refractivity (Wildman–Crippen MR) is 63.5 cm³/mol. The summed E-state index contributed by atoms with van der Waals surface area (Å²) in [6.07, 6.45) is -0.147. The molecule has 0 aliphatic carbocycles. The second-order valence-corrected chi connectivity index (χ2v) is 4.42. The van der Waals surface area contributed by atoms with E-state index in [0.29, 0.717) is 0 Å². The van der Waals surface area contributed by atoms with Crippen molar-refractivity contribution in [1.29, 1.82) is 0 Å². The third-order valence-corrected chi connectivity index (χ3v) is 3.12. The highest BCUT2D eigenvalue weighted by Gasteiger charge is 2.39. The molecule has 1 aliphatic rings. The molecule has 0 saturated carbocycles. The molecule has 6 heteroatoms. The first kappa shape index (κ1) is 12.6. The van der Waals surface area contributed by atoms with Crippen molar-refractivity contribution in [3.63, 3.8) is 0 Å². The Morgan fingerprint density at radius 1 is 1.33 bits per heavy atom. The van der Waals surface area contributed by atoms with E-state index < -0.39 is 17.9 Å². The fourth-order valence-electron chi connectivity index (χ4n) is 1.91. The second-order valence-electron chi connectivity index (χ2n) is 4.01. The number of nitrogens with zero attached hydrogens (tertiary/aromatic N) is 1. The summed E-state index contributed by atoms with van der Waals surface area (Å²) in [5, 5.41) is 9.23. The van der Waals surface area contributed by atoms with E-state index in [-0.39, 0.29) is 29.3 Å². The summed E-state index contributed by atoms with van der Waals surface area (Å²) in [7, 11) is 0. The van der Waals surface area contributed by atoms with Crippen molar-refractivity contribution in [2.24, 2.45) is 0 Å². The van der Waals surface area contributed by atoms with Crippen molar-refractivity contribution < 1.29 is 19.5 Å². The average Bonchev–Trinajstić information content (AvgIpc) is 2.71. The lowest BCUT2D eigenvalue weighted by Gasteiger charge is -2.20. The maximum atomic E-state index is 12.2. The normalized spacial score (nSPS) is 19.1. The van der Waals surface area contributed by atoms with Crippen molar-refractivity contribution in [2.75, 3.05) is 6.54 Å². The number of aliphatic carboxylic acids is 1. The molecular weight excluding hydrogens is 258 g/mol. The predicted octanol–water partition coefficient (Wildman–Crippen LogP) is 1.21. The molecule has 0 aromatic heterocycles. The summed E-state index contributed by atoms with van der Waals surface area (Å²) >= 11 is 5.88. The molecule has 1 unspecified atom stereocenters. The first-order valence-corrected chi connectivity index (χ1v) is 5.68. The van der Waals surface area contributed by atoms with Gasteiger partial charge in [-0.2, -0.15) is 0 Å². The first-order chi connectivity index (χ1) is 8.50. The zero-order chi connectivity index (χ0) is 13.3. The van der Waals surface area contributed by atoms with Gasteiger partial charge in [-0.1, -0.05) is 23.7 Å². The zero-order valence-corrected chi connectivity index (χ0v) is 10.1. The van der Waals surface area contributed by atoms with Crippen LogP contribution in [0.5, 0.6) is 0 Å². The minimum Gasteiger partial charge on any atom is -0.480 e. The summed E-state index contributed by atoms with van der Waals surface area (Å²) in [4.78, 5) is 35.5. The number of benzene rings is 1. The Balaban J connectivity index is 2.31. The van der Waals surface area contributed by atoms with Crippen LogP contribution in [0, 0.1) is 0 Å². The van der Waals surface area contributed by atoms with E-state index in [9.17, 15) is 14.4 Å². The van der Waals surface area contributed by atoms with Gasteiger partial charge in [-0.3, -0.25) is 9.59 Å². The molecule has 18 heavy (non-hydrogen) atoms. The van der Waals surface area contributed by atoms with Gasteiger partial charge in [-0.05, 0) is 12.1 Å². The molecule has 1 saturated heterocycles. The fourth-order valence-corrected chi connectivity index (χ4v) is 2.13. The Morgan fingerprint density at radius 3 is 2.61 bits per heavy atom. The van der Waals surface area contributed by atoms with Crippen LogP contribution in [-0.4, -0.2) is 40.3 Å². The van der Waals surface area contributed by atoms with Crippen LogP contribution in [0.2, 0.25) is 5.02 Å². The molecule has 1 aromatic rings. The van der Waals surface area contributed by atoms with Crippen LogP contribution < -0.4 is 0 Å². The minimum atomic E-state index is -1.18. The van der Waals surface area contributed by atoms with E-state index in [4.69, 9.17) is 16.7 Å². The molecular formula is C12H10ClNO4. The van der Waals surface area contributed by atoms with Gasteiger partial charge in [-0.15, -0.1) is 0 Å². The molecule has 0 bridgehead atoms. The Morgan fingerprint density at radius 2 is 2.00 bits per heavy atom. The van der Waals surface area contributed by atoms with E-state index in [1.807, 2.05) is 0 Å². The summed E-state index contributed by atoms with van der Waals surface area (Å²) < 4.78 is 0. The van der Waals surface area contributed by atoms with Crippen molar-refractivity contribution >= 4 is 29.3 Å². The Kier molecular flexibility index (Phi) is 3.34. The largest absolute Gasteiger partial charge is 0.480 e. The number of likely N-dealkylation sites (tertiary alicyclic amines) is 1. The molecule has 1 aliphatic heterocycles. The number of carboxylic acids is 1. The van der Waals surface area contributed by atoms with Gasteiger partial charge in [0.1, 0.15) is 6.04 Å². The third-order valence-electron chi connectivity index (χ3n) is 2.79. The first-order valence-electron chi connectivity index (χ1n) is 5.30. The van der Waals surface area contributed by atoms with Crippen molar-refractivity contribution in [3.05, 3.63) is 34.9 Å². The molecule has 0 spiro atoms. The summed E-state index contributed by atoms with van der Waals surface area (Å²) in [5.41, 5.74) is 0.208. The van der Waals surface area contributed by atoms with Gasteiger partial charge in [0.25, 0.3) is 5.91 Å². The molecule has 1 amide bonds. The van der Waals surface area contributed by atoms with Crippen molar-refractivity contribution in [2.45, 2.75) is 12.5 Å². The summed E-state index contributed by atoms with van der Waals surface area (Å²) in [6.45, 7) is -0.180. The number of hydrogen-bond donors (Lipinski definition) is 1. The lowest BCUT2D eigenvalue weighted by Crippen LogP contribution is -2.40. The van der Waals surface area contributed by atoms with Crippen LogP contribution in [0.1, 0.15) is 16.8 Å². The second kappa shape index (κ2) is 4.78. The van der Waals surface area contributed by atoms with Crippen molar-refractivity contribution in [3.8, 4) is 0 Å². The Hall–Kier alpha value is -1.88. The molecule has 5 nitrogen and oxygen atoms in total. The Labute approximate surface area is 108 Å². The van der Waals surface area contributed by atoms with Gasteiger partial charge in [0.2, 0.25) is 0 Å². The van der Waals surface area contributed by atoms with Gasteiger partial charge >= 0.3 is 5.97 Å². The van der Waals surface area contributed by atoms with Crippen LogP contribution in [0.4, 0.5) is 0 Å². The Bertz CT molecular complexity index is 529. The van der Waals surface area contributed by atoms with E-state index >= 15 is 0 Å². The molecule has 1 N–H and O–H groups in total. The molecule has 0 radical (unpaired) electrons. The number of carboxylic acid groups (broad SMARTS) is 1. The smallest absolute Gasteiger partial charge is 0.326 e. The summed E-state index contributed by atoms with van der Waals surface area (Å²) in [6, 6.07) is 5.26. The third kappa shape index (κ3) is 2.22. The highest BCUT2D eigenvalue weighted by atomic mass is 35.5. The highest BCUT2D eigenvalue weighted by Crippen LogP contribution is 2.22. The lowest BCUT2D eigenvalue weighted by atomic mass is 10.1. The highest BCUT2D eigenvalue weighted by molar-refractivity contribution is 6.34. The van der Waals surface area contributed by atoms with Crippen molar-refractivity contribution in [1.82, 2.24) is 4.90 Å². The maximum absolute atomic E-state index is 12.2. The maximum Gasteiger partial charge on any atom is 0.326 e. The van der Waals surface area contributed by atoms with Crippen LogP contribution in [0.15, 0.2) is 24.3 Å². The number of ketones is 1. The minimum absolute atomic E-state index is 0.147. The quantitative estimate of drug-likeness (QED) is 0.874. The number of carbonyl (C=O) groups is 3. The molecule has 1 heterocycles. The molecule has 1 aromatic carbocycles. The zero-order valence-electron chi connectivity index (χ0n) is 9.30. The molecule has 94 valence electrons. The van der Waals surface area contributed by atoms with E-state index in [2.05, 4.69) is 0 Å². The van der Waals surface area contributed by atoms with Gasteiger partial charge in [-0.25, -0.2) is 4.79 Å². The lowest BCUT2D eigenvalue weighted by molar-refractivity contribution is -0.141. The van der Waals surface area contributed by atoms with Gasteiger partial charge in [0, 0.05) is 6.42 Å². The molecule has 2 rings (SSSR count). The van der Waals surface area contributed by atoms with Gasteiger partial charge in [0.05, 0.1) is 17.1 Å². The number of halogens is 1. The number of hydrogen-bond acceptors (Lipinski definition) is 3. The van der Waals surface area contributed by atoms with Gasteiger partial charge < -0.3 is 10.0 Å². The van der Waals surface area contributed by atoms with Crippen LogP contribution in [0.3, 0.4) is 0 Å². The van der Waals surface area contributed by atoms with E-state index in [1.54, 1.807) is 18.2 Å². The van der Waals surface area contributed by atoms with Gasteiger partial charge in [0.15, 0.2) is 5.78 Å². The van der Waals surface area contributed by atoms with E-state index in [0.717, 1.165) is 4.90 Å². The van der Waals surface area contributed by atoms with Crippen LogP contribution in [-0.2, 0) is 9.59 Å². The van der Waals surface area contributed by atoms with Crippen LogP contribution in [0.25, 0.3) is 0 Å². The number of Topliss-reactive ketones (excluding diaryl/α,β-unsaturated/α-hetero) is 1. The fraction of sp³-hybridized carbons (Fsp3) is 0.250. The average molecular weight is 268 g/mol. The molecule has 1 atom stereocenters. The standard InChI is InChI=1S/C12H10ClNO4/c13-9-4-2-1-3-8(9)11(16)14-6-7(15)5-10(14)12(17)18/h1-4,10H,5-6H2,(H,17,18). The summed E-state index contributed by atoms with van der Waals surface area (Å²) in [5.74, 6) is -1.97. The number of rotatable bonds is 2. The van der Waals surface area contributed by atoms with E-state index in [1.165, 1.54) is 6.07 Å². The number of carbonyl (C=O) groups excluding carboxylic acids is 2. The molecule has 1 fully saturated rings.